The standard InChI is InChI=1S/C17H21NO2S/c1-15(17-11-7-4-8-12-17)18(2)21(19,20)14-13-16-9-5-3-6-10-16/h3-12,15H,13-14H2,1-2H3. The molecule has 2 rings (SSSR count). The van der Waals surface area contributed by atoms with Crippen LogP contribution in [0.25, 0.3) is 0 Å². The maximum Gasteiger partial charge on any atom is 0.214 e. The van der Waals surface area contributed by atoms with Crippen LogP contribution in [0.5, 0.6) is 0 Å². The molecule has 0 fully saturated rings. The molecule has 0 heterocycles. The predicted molar refractivity (Wildman–Crippen MR) is 86.6 cm³/mol. The summed E-state index contributed by atoms with van der Waals surface area (Å²) in [6.45, 7) is 1.91. The molecule has 0 aliphatic carbocycles. The van der Waals surface area contributed by atoms with E-state index in [1.54, 1.807) is 7.05 Å². The molecule has 0 spiro atoms. The molecule has 0 saturated carbocycles. The summed E-state index contributed by atoms with van der Waals surface area (Å²) < 4.78 is 26.4. The van der Waals surface area contributed by atoms with Crippen molar-refractivity contribution in [2.45, 2.75) is 19.4 Å². The molecular formula is C17H21NO2S. The van der Waals surface area contributed by atoms with E-state index in [1.165, 1.54) is 4.31 Å². The normalized spacial score (nSPS) is 13.3. The van der Waals surface area contributed by atoms with Crippen LogP contribution in [0.2, 0.25) is 0 Å². The third-order valence-corrected chi connectivity index (χ3v) is 5.67. The summed E-state index contributed by atoms with van der Waals surface area (Å²) in [4.78, 5) is 0. The third kappa shape index (κ3) is 4.16. The van der Waals surface area contributed by atoms with Crippen molar-refractivity contribution in [2.75, 3.05) is 12.8 Å². The second-order valence-electron chi connectivity index (χ2n) is 5.15. The largest absolute Gasteiger partial charge is 0.214 e. The van der Waals surface area contributed by atoms with Crippen LogP contribution < -0.4 is 0 Å². The van der Waals surface area contributed by atoms with Gasteiger partial charge in [-0.1, -0.05) is 60.7 Å². The van der Waals surface area contributed by atoms with Crippen molar-refractivity contribution < 1.29 is 8.42 Å². The zero-order chi connectivity index (χ0) is 15.3. The van der Waals surface area contributed by atoms with Gasteiger partial charge in [-0.2, -0.15) is 4.31 Å². The fraction of sp³-hybridized carbons (Fsp3) is 0.294. The van der Waals surface area contributed by atoms with Gasteiger partial charge >= 0.3 is 0 Å². The Balaban J connectivity index is 2.05. The molecule has 21 heavy (non-hydrogen) atoms. The van der Waals surface area contributed by atoms with Crippen molar-refractivity contribution in [1.29, 1.82) is 0 Å². The third-order valence-electron chi connectivity index (χ3n) is 3.76. The lowest BCUT2D eigenvalue weighted by Gasteiger charge is -2.24. The van der Waals surface area contributed by atoms with Gasteiger partial charge in [0.05, 0.1) is 5.75 Å². The van der Waals surface area contributed by atoms with Gasteiger partial charge in [0.2, 0.25) is 10.0 Å². The summed E-state index contributed by atoms with van der Waals surface area (Å²) in [7, 11) is -1.62. The molecular weight excluding hydrogens is 282 g/mol. The second kappa shape index (κ2) is 6.87. The molecule has 4 heteroatoms. The van der Waals surface area contributed by atoms with Crippen LogP contribution in [-0.2, 0) is 16.4 Å². The minimum absolute atomic E-state index is 0.130. The van der Waals surface area contributed by atoms with Crippen LogP contribution in [0.15, 0.2) is 60.7 Å². The summed E-state index contributed by atoms with van der Waals surface area (Å²) >= 11 is 0. The molecule has 2 aromatic rings. The van der Waals surface area contributed by atoms with Gasteiger partial charge in [-0.25, -0.2) is 8.42 Å². The fourth-order valence-corrected chi connectivity index (χ4v) is 3.60. The molecule has 0 N–H and O–H groups in total. The number of aryl methyl sites for hydroxylation is 1. The Morgan fingerprint density at radius 3 is 2.05 bits per heavy atom. The predicted octanol–water partition coefficient (Wildman–Crippen LogP) is 3.25. The van der Waals surface area contributed by atoms with Crippen LogP contribution >= 0.6 is 0 Å². The van der Waals surface area contributed by atoms with Crippen LogP contribution in [-0.4, -0.2) is 25.5 Å². The maximum absolute atomic E-state index is 12.4. The topological polar surface area (TPSA) is 37.4 Å². The molecule has 0 bridgehead atoms. The first-order chi connectivity index (χ1) is 10.0. The van der Waals surface area contributed by atoms with Crippen molar-refractivity contribution in [3.8, 4) is 0 Å². The first kappa shape index (κ1) is 15.7. The van der Waals surface area contributed by atoms with Crippen LogP contribution in [0, 0.1) is 0 Å². The first-order valence-corrected chi connectivity index (χ1v) is 8.66. The molecule has 0 aliphatic rings. The van der Waals surface area contributed by atoms with E-state index in [0.717, 1.165) is 11.1 Å². The summed E-state index contributed by atoms with van der Waals surface area (Å²) in [5.74, 6) is 0.130. The number of rotatable bonds is 6. The van der Waals surface area contributed by atoms with E-state index in [2.05, 4.69) is 0 Å². The highest BCUT2D eigenvalue weighted by Crippen LogP contribution is 2.21. The van der Waals surface area contributed by atoms with E-state index in [4.69, 9.17) is 0 Å². The molecule has 3 nitrogen and oxygen atoms in total. The quantitative estimate of drug-likeness (QED) is 0.821. The fourth-order valence-electron chi connectivity index (χ4n) is 2.22. The SMILES string of the molecule is CC(c1ccccc1)N(C)S(=O)(=O)CCc1ccccc1. The second-order valence-corrected chi connectivity index (χ2v) is 7.30. The van der Waals surface area contributed by atoms with Crippen LogP contribution in [0.4, 0.5) is 0 Å². The average molecular weight is 303 g/mol. The van der Waals surface area contributed by atoms with E-state index in [1.807, 2.05) is 67.6 Å². The lowest BCUT2D eigenvalue weighted by molar-refractivity contribution is 0.398. The van der Waals surface area contributed by atoms with E-state index >= 15 is 0 Å². The van der Waals surface area contributed by atoms with Gasteiger partial charge in [-0.05, 0) is 24.5 Å². The molecule has 112 valence electrons. The molecule has 0 amide bonds. The molecule has 1 unspecified atom stereocenters. The van der Waals surface area contributed by atoms with Crippen molar-refractivity contribution in [3.63, 3.8) is 0 Å². The Labute approximate surface area is 127 Å². The minimum Gasteiger partial charge on any atom is -0.212 e. The van der Waals surface area contributed by atoms with Crippen LogP contribution in [0.1, 0.15) is 24.1 Å². The van der Waals surface area contributed by atoms with E-state index in [0.29, 0.717) is 6.42 Å². The molecule has 1 atom stereocenters. The lowest BCUT2D eigenvalue weighted by atomic mass is 10.1. The minimum atomic E-state index is -3.27. The summed E-state index contributed by atoms with van der Waals surface area (Å²) in [5, 5.41) is 0. The van der Waals surface area contributed by atoms with Gasteiger partial charge in [0.15, 0.2) is 0 Å². The van der Waals surface area contributed by atoms with E-state index in [9.17, 15) is 8.42 Å². The highest BCUT2D eigenvalue weighted by molar-refractivity contribution is 7.89. The first-order valence-electron chi connectivity index (χ1n) is 7.05. The Morgan fingerprint density at radius 2 is 1.48 bits per heavy atom. The van der Waals surface area contributed by atoms with Gasteiger partial charge < -0.3 is 0 Å². The maximum atomic E-state index is 12.4. The highest BCUT2D eigenvalue weighted by atomic mass is 32.2. The zero-order valence-electron chi connectivity index (χ0n) is 12.4. The van der Waals surface area contributed by atoms with Crippen LogP contribution in [0.3, 0.4) is 0 Å². The Bertz CT molecular complexity index is 654. The number of hydrogen-bond donors (Lipinski definition) is 0. The Hall–Kier alpha value is -1.65. The molecule has 0 saturated heterocycles. The van der Waals surface area contributed by atoms with Gasteiger partial charge in [-0.15, -0.1) is 0 Å². The Morgan fingerprint density at radius 1 is 0.952 bits per heavy atom. The molecule has 0 aliphatic heterocycles. The van der Waals surface area contributed by atoms with Gasteiger partial charge in [0.1, 0.15) is 0 Å². The number of benzene rings is 2. The van der Waals surface area contributed by atoms with Crippen molar-refractivity contribution in [1.82, 2.24) is 4.31 Å². The summed E-state index contributed by atoms with van der Waals surface area (Å²) in [6.07, 6.45) is 0.537. The van der Waals surface area contributed by atoms with Crippen molar-refractivity contribution >= 4 is 10.0 Å². The Kier molecular flexibility index (Phi) is 5.15. The number of hydrogen-bond acceptors (Lipinski definition) is 2. The molecule has 0 aromatic heterocycles. The average Bonchev–Trinajstić information content (AvgIpc) is 2.53. The number of sulfonamides is 1. The number of nitrogens with zero attached hydrogens (tertiary/aromatic N) is 1. The van der Waals surface area contributed by atoms with E-state index < -0.39 is 10.0 Å². The summed E-state index contributed by atoms with van der Waals surface area (Å²) in [5.41, 5.74) is 2.05. The molecule has 2 aromatic carbocycles. The smallest absolute Gasteiger partial charge is 0.212 e. The van der Waals surface area contributed by atoms with Crippen molar-refractivity contribution in [3.05, 3.63) is 71.8 Å². The monoisotopic (exact) mass is 303 g/mol. The molecule has 0 radical (unpaired) electrons. The van der Waals surface area contributed by atoms with Gasteiger partial charge in [-0.3, -0.25) is 0 Å². The highest BCUT2D eigenvalue weighted by Gasteiger charge is 2.23. The van der Waals surface area contributed by atoms with Gasteiger partial charge in [0, 0.05) is 13.1 Å². The lowest BCUT2D eigenvalue weighted by Crippen LogP contribution is -2.32. The van der Waals surface area contributed by atoms with E-state index in [-0.39, 0.29) is 11.8 Å². The van der Waals surface area contributed by atoms with Crippen molar-refractivity contribution in [2.24, 2.45) is 0 Å². The summed E-state index contributed by atoms with van der Waals surface area (Å²) in [6, 6.07) is 19.2. The van der Waals surface area contributed by atoms with Gasteiger partial charge in [0.25, 0.3) is 0 Å². The zero-order valence-corrected chi connectivity index (χ0v) is 13.3.